The predicted molar refractivity (Wildman–Crippen MR) is 70.0 cm³/mol. The molecule has 0 aromatic heterocycles. The number of methoxy groups -OCH3 is 1. The molecule has 0 atom stereocenters. The zero-order chi connectivity index (χ0) is 12.9. The molecule has 0 aliphatic carbocycles. The van der Waals surface area contributed by atoms with E-state index in [1.807, 2.05) is 12.1 Å². The van der Waals surface area contributed by atoms with Crippen molar-refractivity contribution in [1.82, 2.24) is 5.32 Å². The molecule has 0 radical (unpaired) electrons. The van der Waals surface area contributed by atoms with Crippen LogP contribution in [0.15, 0.2) is 18.2 Å². The number of hydrogen-bond acceptors (Lipinski definition) is 3. The van der Waals surface area contributed by atoms with Crippen LogP contribution in [-0.2, 0) is 10.2 Å². The Labute approximate surface area is 107 Å². The molecule has 1 aromatic carbocycles. The van der Waals surface area contributed by atoms with Gasteiger partial charge in [0.2, 0.25) is 0 Å². The van der Waals surface area contributed by atoms with Gasteiger partial charge in [0.15, 0.2) is 0 Å². The highest BCUT2D eigenvalue weighted by atomic mass is 35.5. The van der Waals surface area contributed by atoms with Gasteiger partial charge in [-0.25, -0.2) is 0 Å². The van der Waals surface area contributed by atoms with E-state index < -0.39 is 0 Å². The van der Waals surface area contributed by atoms with Gasteiger partial charge in [0.1, 0.15) is 12.0 Å². The molecule has 0 aliphatic rings. The van der Waals surface area contributed by atoms with Gasteiger partial charge in [-0.1, -0.05) is 31.5 Å². The Morgan fingerprint density at radius 3 is 2.71 bits per heavy atom. The molecule has 0 saturated carbocycles. The Morgan fingerprint density at radius 1 is 1.47 bits per heavy atom. The van der Waals surface area contributed by atoms with Crippen LogP contribution in [0.5, 0.6) is 5.75 Å². The SMILES string of the molecule is COc1ccc(C(C)(C)CNCC=O)c(Cl)c1. The van der Waals surface area contributed by atoms with Crippen molar-refractivity contribution in [3.8, 4) is 5.75 Å². The number of carbonyl (C=O) groups is 1. The summed E-state index contributed by atoms with van der Waals surface area (Å²) in [6.45, 7) is 5.21. The largest absolute Gasteiger partial charge is 0.497 e. The van der Waals surface area contributed by atoms with E-state index in [4.69, 9.17) is 16.3 Å². The molecule has 4 heteroatoms. The second-order valence-corrected chi connectivity index (χ2v) is 4.93. The first-order valence-corrected chi connectivity index (χ1v) is 5.87. The highest BCUT2D eigenvalue weighted by Gasteiger charge is 2.23. The molecule has 0 unspecified atom stereocenters. The van der Waals surface area contributed by atoms with Crippen LogP contribution >= 0.6 is 11.6 Å². The molecular formula is C13H18ClNO2. The Balaban J connectivity index is 2.86. The van der Waals surface area contributed by atoms with Gasteiger partial charge < -0.3 is 14.8 Å². The lowest BCUT2D eigenvalue weighted by Crippen LogP contribution is -2.34. The summed E-state index contributed by atoms with van der Waals surface area (Å²) in [4.78, 5) is 10.3. The molecule has 1 N–H and O–H groups in total. The van der Waals surface area contributed by atoms with Crippen molar-refractivity contribution >= 4 is 17.9 Å². The van der Waals surface area contributed by atoms with Gasteiger partial charge in [0.25, 0.3) is 0 Å². The zero-order valence-corrected chi connectivity index (χ0v) is 11.2. The van der Waals surface area contributed by atoms with Crippen LogP contribution in [0.1, 0.15) is 19.4 Å². The van der Waals surface area contributed by atoms with Crippen LogP contribution in [0.4, 0.5) is 0 Å². The number of hydrogen-bond donors (Lipinski definition) is 1. The number of rotatable bonds is 6. The average molecular weight is 256 g/mol. The minimum absolute atomic E-state index is 0.133. The van der Waals surface area contributed by atoms with Crippen LogP contribution in [0.2, 0.25) is 5.02 Å². The van der Waals surface area contributed by atoms with E-state index in [2.05, 4.69) is 19.2 Å². The highest BCUT2D eigenvalue weighted by molar-refractivity contribution is 6.31. The number of benzene rings is 1. The van der Waals surface area contributed by atoms with E-state index in [0.29, 0.717) is 18.1 Å². The molecule has 0 aliphatic heterocycles. The first-order chi connectivity index (χ1) is 8.01. The van der Waals surface area contributed by atoms with E-state index in [9.17, 15) is 4.79 Å². The number of aldehydes is 1. The summed E-state index contributed by atoms with van der Waals surface area (Å²) in [6.07, 6.45) is 0.853. The first kappa shape index (κ1) is 14.0. The lowest BCUT2D eigenvalue weighted by atomic mass is 9.84. The van der Waals surface area contributed by atoms with Crippen molar-refractivity contribution in [2.45, 2.75) is 19.3 Å². The third-order valence-corrected chi connectivity index (χ3v) is 3.01. The molecule has 0 heterocycles. The van der Waals surface area contributed by atoms with E-state index in [-0.39, 0.29) is 5.41 Å². The van der Waals surface area contributed by atoms with E-state index in [0.717, 1.165) is 17.6 Å². The number of nitrogens with one attached hydrogen (secondary N) is 1. The van der Waals surface area contributed by atoms with Crippen LogP contribution < -0.4 is 10.1 Å². The van der Waals surface area contributed by atoms with Gasteiger partial charge in [-0.05, 0) is 17.7 Å². The van der Waals surface area contributed by atoms with Gasteiger partial charge in [-0.2, -0.15) is 0 Å². The Hall–Kier alpha value is -1.06. The third kappa shape index (κ3) is 3.72. The number of ether oxygens (including phenoxy) is 1. The Kier molecular flexibility index (Phi) is 4.97. The number of halogens is 1. The summed E-state index contributed by atoms with van der Waals surface area (Å²) in [5.74, 6) is 0.746. The second kappa shape index (κ2) is 6.03. The van der Waals surface area contributed by atoms with Gasteiger partial charge >= 0.3 is 0 Å². The Morgan fingerprint density at radius 2 is 2.18 bits per heavy atom. The van der Waals surface area contributed by atoms with Crippen LogP contribution in [-0.4, -0.2) is 26.5 Å². The molecule has 1 rings (SSSR count). The maximum Gasteiger partial charge on any atom is 0.133 e. The molecule has 0 bridgehead atoms. The van der Waals surface area contributed by atoms with E-state index in [1.165, 1.54) is 0 Å². The van der Waals surface area contributed by atoms with Gasteiger partial charge in [-0.15, -0.1) is 0 Å². The summed E-state index contributed by atoms with van der Waals surface area (Å²) >= 11 is 6.23. The van der Waals surface area contributed by atoms with Crippen molar-refractivity contribution in [3.63, 3.8) is 0 Å². The predicted octanol–water partition coefficient (Wildman–Crippen LogP) is 2.41. The lowest BCUT2D eigenvalue weighted by molar-refractivity contribution is -0.107. The normalized spacial score (nSPS) is 11.3. The summed E-state index contributed by atoms with van der Waals surface area (Å²) in [6, 6.07) is 5.66. The molecule has 17 heavy (non-hydrogen) atoms. The van der Waals surface area contributed by atoms with Crippen molar-refractivity contribution in [3.05, 3.63) is 28.8 Å². The third-order valence-electron chi connectivity index (χ3n) is 2.70. The minimum atomic E-state index is -0.133. The van der Waals surface area contributed by atoms with E-state index >= 15 is 0 Å². The lowest BCUT2D eigenvalue weighted by Gasteiger charge is -2.26. The van der Waals surface area contributed by atoms with Crippen molar-refractivity contribution in [2.24, 2.45) is 0 Å². The topological polar surface area (TPSA) is 38.3 Å². The van der Waals surface area contributed by atoms with Crippen molar-refractivity contribution in [2.75, 3.05) is 20.2 Å². The standard InChI is InChI=1S/C13H18ClNO2/c1-13(2,9-15-6-7-16)11-5-4-10(17-3)8-12(11)14/h4-5,7-8,15H,6,9H2,1-3H3. The maximum atomic E-state index is 10.3. The summed E-state index contributed by atoms with van der Waals surface area (Å²) in [5.41, 5.74) is 0.908. The summed E-state index contributed by atoms with van der Waals surface area (Å²) < 4.78 is 5.11. The molecule has 0 amide bonds. The second-order valence-electron chi connectivity index (χ2n) is 4.53. The fourth-order valence-electron chi connectivity index (χ4n) is 1.71. The molecule has 94 valence electrons. The van der Waals surface area contributed by atoms with Crippen molar-refractivity contribution < 1.29 is 9.53 Å². The summed E-state index contributed by atoms with van der Waals surface area (Å²) in [7, 11) is 1.61. The molecule has 1 aromatic rings. The van der Waals surface area contributed by atoms with Crippen LogP contribution in [0.25, 0.3) is 0 Å². The summed E-state index contributed by atoms with van der Waals surface area (Å²) in [5, 5.41) is 3.75. The maximum absolute atomic E-state index is 10.3. The minimum Gasteiger partial charge on any atom is -0.497 e. The Bertz CT molecular complexity index is 391. The van der Waals surface area contributed by atoms with E-state index in [1.54, 1.807) is 13.2 Å². The fraction of sp³-hybridized carbons (Fsp3) is 0.462. The fourth-order valence-corrected chi connectivity index (χ4v) is 2.14. The quantitative estimate of drug-likeness (QED) is 0.627. The smallest absolute Gasteiger partial charge is 0.133 e. The molecule has 3 nitrogen and oxygen atoms in total. The molecular weight excluding hydrogens is 238 g/mol. The monoisotopic (exact) mass is 255 g/mol. The molecule has 0 fully saturated rings. The molecule has 0 spiro atoms. The molecule has 0 saturated heterocycles. The van der Waals surface area contributed by atoms with Gasteiger partial charge in [-0.3, -0.25) is 0 Å². The van der Waals surface area contributed by atoms with Crippen LogP contribution in [0, 0.1) is 0 Å². The van der Waals surface area contributed by atoms with Crippen LogP contribution in [0.3, 0.4) is 0 Å². The van der Waals surface area contributed by atoms with Gasteiger partial charge in [0.05, 0.1) is 13.7 Å². The first-order valence-electron chi connectivity index (χ1n) is 5.49. The number of carbonyl (C=O) groups excluding carboxylic acids is 1. The average Bonchev–Trinajstić information content (AvgIpc) is 2.28. The van der Waals surface area contributed by atoms with Gasteiger partial charge in [0, 0.05) is 17.0 Å². The highest BCUT2D eigenvalue weighted by Crippen LogP contribution is 2.32. The van der Waals surface area contributed by atoms with Crippen molar-refractivity contribution in [1.29, 1.82) is 0 Å². The zero-order valence-electron chi connectivity index (χ0n) is 10.4.